The maximum absolute atomic E-state index is 12.9. The Balaban J connectivity index is 1.33. The summed E-state index contributed by atoms with van der Waals surface area (Å²) in [6.45, 7) is 4.62. The number of pyridine rings is 1. The number of para-hydroxylation sites is 1. The number of aromatic nitrogens is 2. The van der Waals surface area contributed by atoms with E-state index in [1.165, 1.54) is 4.40 Å². The van der Waals surface area contributed by atoms with Crippen LogP contribution in [0, 0.1) is 0 Å². The summed E-state index contributed by atoms with van der Waals surface area (Å²) in [7, 11) is 0. The fourth-order valence-corrected chi connectivity index (χ4v) is 4.38. The molecule has 31 heavy (non-hydrogen) atoms. The van der Waals surface area contributed by atoms with Crippen molar-refractivity contribution in [1.29, 1.82) is 0 Å². The summed E-state index contributed by atoms with van der Waals surface area (Å²) < 4.78 is 13.3. The molecule has 1 aromatic carbocycles. The molecule has 1 amide bonds. The zero-order chi connectivity index (χ0) is 21.8. The summed E-state index contributed by atoms with van der Waals surface area (Å²) in [5, 5.41) is 0.453. The third-order valence-electron chi connectivity index (χ3n) is 5.69. The Morgan fingerprint density at radius 2 is 2.13 bits per heavy atom. The van der Waals surface area contributed by atoms with Crippen molar-refractivity contribution in [3.63, 3.8) is 0 Å². The smallest absolute Gasteiger partial charge is 0.263 e. The van der Waals surface area contributed by atoms with Crippen molar-refractivity contribution in [2.45, 2.75) is 38.8 Å². The molecule has 5 rings (SSSR count). The molecule has 0 atom stereocenters. The molecule has 0 bridgehead atoms. The van der Waals surface area contributed by atoms with Crippen LogP contribution in [0.4, 0.5) is 0 Å². The largest absolute Gasteiger partial charge is 0.483 e. The fourth-order valence-electron chi connectivity index (χ4n) is 4.22. The highest BCUT2D eigenvalue weighted by Crippen LogP contribution is 2.41. The van der Waals surface area contributed by atoms with Crippen LogP contribution in [0.3, 0.4) is 0 Å². The number of hydrogen-bond acceptors (Lipinski definition) is 5. The number of nitrogens with zero attached hydrogens (tertiary/aromatic N) is 3. The van der Waals surface area contributed by atoms with Gasteiger partial charge in [-0.3, -0.25) is 14.0 Å². The average Bonchev–Trinajstić information content (AvgIpc) is 3.07. The molecule has 2 aromatic heterocycles. The van der Waals surface area contributed by atoms with Crippen LogP contribution < -0.4 is 15.0 Å². The molecule has 160 valence electrons. The van der Waals surface area contributed by atoms with Crippen LogP contribution >= 0.6 is 11.6 Å². The molecular formula is C23H22ClN3O4. The molecule has 0 saturated heterocycles. The summed E-state index contributed by atoms with van der Waals surface area (Å²) in [4.78, 5) is 32.0. The molecular weight excluding hydrogens is 418 g/mol. The van der Waals surface area contributed by atoms with Gasteiger partial charge in [0.1, 0.15) is 11.2 Å². The van der Waals surface area contributed by atoms with Gasteiger partial charge in [0.25, 0.3) is 11.5 Å². The van der Waals surface area contributed by atoms with Gasteiger partial charge in [-0.05, 0) is 32.0 Å². The maximum Gasteiger partial charge on any atom is 0.263 e. The molecule has 0 fully saturated rings. The van der Waals surface area contributed by atoms with Gasteiger partial charge in [-0.15, -0.1) is 0 Å². The molecule has 4 heterocycles. The summed E-state index contributed by atoms with van der Waals surface area (Å²) in [6, 6.07) is 9.15. The predicted octanol–water partition coefficient (Wildman–Crippen LogP) is 3.03. The Labute approximate surface area is 184 Å². The molecule has 0 aliphatic carbocycles. The molecule has 0 radical (unpaired) electrons. The molecule has 8 heteroatoms. The van der Waals surface area contributed by atoms with Crippen LogP contribution in [0.25, 0.3) is 5.65 Å². The van der Waals surface area contributed by atoms with E-state index < -0.39 is 0 Å². The van der Waals surface area contributed by atoms with Crippen molar-refractivity contribution in [2.75, 3.05) is 13.2 Å². The molecule has 0 spiro atoms. The maximum atomic E-state index is 12.9. The van der Waals surface area contributed by atoms with Gasteiger partial charge in [-0.1, -0.05) is 23.7 Å². The lowest BCUT2D eigenvalue weighted by atomic mass is 10.0. The first-order valence-corrected chi connectivity index (χ1v) is 10.6. The first-order chi connectivity index (χ1) is 14.8. The van der Waals surface area contributed by atoms with E-state index >= 15 is 0 Å². The molecule has 3 aromatic rings. The zero-order valence-electron chi connectivity index (χ0n) is 17.4. The lowest BCUT2D eigenvalue weighted by Crippen LogP contribution is -2.42. The highest BCUT2D eigenvalue weighted by atomic mass is 35.5. The zero-order valence-corrected chi connectivity index (χ0v) is 18.1. The van der Waals surface area contributed by atoms with E-state index in [1.54, 1.807) is 23.2 Å². The Hall–Kier alpha value is -3.06. The van der Waals surface area contributed by atoms with Gasteiger partial charge in [0.2, 0.25) is 0 Å². The lowest BCUT2D eigenvalue weighted by Gasteiger charge is -2.28. The van der Waals surface area contributed by atoms with Crippen LogP contribution in [0.15, 0.2) is 41.3 Å². The van der Waals surface area contributed by atoms with Crippen molar-refractivity contribution in [1.82, 2.24) is 14.3 Å². The standard InChI is InChI=1S/C23H22ClN3O4/c1-23(2)10-14-4-3-5-18(21(14)31-23)30-13-20(28)26-9-8-17-16(12-26)22(29)27-11-15(24)6-7-19(27)25-17/h3-7,11H,8-10,12-13H2,1-2H3. The van der Waals surface area contributed by atoms with E-state index in [0.29, 0.717) is 40.7 Å². The van der Waals surface area contributed by atoms with Crippen molar-refractivity contribution >= 4 is 23.2 Å². The van der Waals surface area contributed by atoms with Crippen molar-refractivity contribution in [2.24, 2.45) is 0 Å². The highest BCUT2D eigenvalue weighted by Gasteiger charge is 2.32. The van der Waals surface area contributed by atoms with Crippen molar-refractivity contribution < 1.29 is 14.3 Å². The second kappa shape index (κ2) is 7.27. The van der Waals surface area contributed by atoms with Gasteiger partial charge in [0.05, 0.1) is 22.8 Å². The van der Waals surface area contributed by atoms with Gasteiger partial charge in [-0.2, -0.15) is 0 Å². The number of benzene rings is 1. The second-order valence-electron chi connectivity index (χ2n) is 8.55. The minimum Gasteiger partial charge on any atom is -0.483 e. The fraction of sp³-hybridized carbons (Fsp3) is 0.348. The van der Waals surface area contributed by atoms with Crippen LogP contribution in [-0.4, -0.2) is 38.9 Å². The Bertz CT molecular complexity index is 1270. The van der Waals surface area contributed by atoms with E-state index in [9.17, 15) is 9.59 Å². The van der Waals surface area contributed by atoms with E-state index in [1.807, 2.05) is 32.0 Å². The van der Waals surface area contributed by atoms with Gasteiger partial charge >= 0.3 is 0 Å². The Kier molecular flexibility index (Phi) is 4.66. The summed E-state index contributed by atoms with van der Waals surface area (Å²) in [6.07, 6.45) is 2.87. The van der Waals surface area contributed by atoms with Gasteiger partial charge in [0, 0.05) is 31.1 Å². The number of halogens is 1. The molecule has 7 nitrogen and oxygen atoms in total. The minimum atomic E-state index is -0.288. The number of carbonyl (C=O) groups is 1. The number of amides is 1. The molecule has 2 aliphatic rings. The molecule has 0 N–H and O–H groups in total. The van der Waals surface area contributed by atoms with E-state index in [4.69, 9.17) is 21.1 Å². The SMILES string of the molecule is CC1(C)Cc2cccc(OCC(=O)N3CCc4nc5ccc(Cl)cn5c(=O)c4C3)c2O1. The van der Waals surface area contributed by atoms with Crippen LogP contribution in [-0.2, 0) is 24.2 Å². The molecule has 0 saturated carbocycles. The van der Waals surface area contributed by atoms with Crippen LogP contribution in [0.5, 0.6) is 11.5 Å². The number of rotatable bonds is 3. The normalized spacial score (nSPS) is 16.5. The van der Waals surface area contributed by atoms with Crippen molar-refractivity contribution in [3.8, 4) is 11.5 Å². The third kappa shape index (κ3) is 3.63. The number of ether oxygens (including phenoxy) is 2. The van der Waals surface area contributed by atoms with Gasteiger partial charge < -0.3 is 14.4 Å². The Morgan fingerprint density at radius 3 is 2.97 bits per heavy atom. The van der Waals surface area contributed by atoms with Crippen molar-refractivity contribution in [3.05, 3.63) is 68.7 Å². The second-order valence-corrected chi connectivity index (χ2v) is 8.99. The number of fused-ring (bicyclic) bond motifs is 3. The predicted molar refractivity (Wildman–Crippen MR) is 116 cm³/mol. The average molecular weight is 440 g/mol. The van der Waals surface area contributed by atoms with E-state index in [-0.39, 0.29) is 30.2 Å². The third-order valence-corrected chi connectivity index (χ3v) is 5.92. The highest BCUT2D eigenvalue weighted by molar-refractivity contribution is 6.30. The van der Waals surface area contributed by atoms with Crippen LogP contribution in [0.2, 0.25) is 5.02 Å². The lowest BCUT2D eigenvalue weighted by molar-refractivity contribution is -0.134. The summed E-state index contributed by atoms with van der Waals surface area (Å²) in [5.41, 5.74) is 2.39. The topological polar surface area (TPSA) is 73.1 Å². The van der Waals surface area contributed by atoms with Gasteiger partial charge in [-0.25, -0.2) is 4.98 Å². The van der Waals surface area contributed by atoms with E-state index in [0.717, 1.165) is 17.7 Å². The van der Waals surface area contributed by atoms with Crippen LogP contribution in [0.1, 0.15) is 30.7 Å². The summed E-state index contributed by atoms with van der Waals surface area (Å²) >= 11 is 6.03. The minimum absolute atomic E-state index is 0.121. The van der Waals surface area contributed by atoms with E-state index in [2.05, 4.69) is 4.98 Å². The Morgan fingerprint density at radius 1 is 1.29 bits per heavy atom. The first kappa shape index (κ1) is 19.9. The quantitative estimate of drug-likeness (QED) is 0.627. The monoisotopic (exact) mass is 439 g/mol. The molecule has 2 aliphatic heterocycles. The molecule has 0 unspecified atom stereocenters. The number of hydrogen-bond donors (Lipinski definition) is 0. The summed E-state index contributed by atoms with van der Waals surface area (Å²) in [5.74, 6) is 1.09. The number of carbonyl (C=O) groups excluding carboxylic acids is 1. The van der Waals surface area contributed by atoms with Gasteiger partial charge in [0.15, 0.2) is 18.1 Å². The first-order valence-electron chi connectivity index (χ1n) is 10.2.